The van der Waals surface area contributed by atoms with Crippen LogP contribution < -0.4 is 5.32 Å². The van der Waals surface area contributed by atoms with Crippen LogP contribution in [0.15, 0.2) is 35.5 Å². The molecule has 6 heteroatoms. The Morgan fingerprint density at radius 3 is 2.81 bits per heavy atom. The second-order valence-electron chi connectivity index (χ2n) is 7.17. The van der Waals surface area contributed by atoms with Crippen molar-refractivity contribution in [2.45, 2.75) is 50.5 Å². The highest BCUT2D eigenvalue weighted by Crippen LogP contribution is 2.42. The van der Waals surface area contributed by atoms with Crippen LogP contribution in [0, 0.1) is 0 Å². The standard InChI is InChI=1S/C21H25N3OS2/c1-4-21(2)12-15-16(13-25-21)27-19-17(15)18(23-20(24-19)26-3)22-11-10-14-8-6-5-7-9-14/h5-9H,4,10-13H2,1-3H3,(H,22,23,24)/t21-/m1/s1. The molecule has 3 aromatic rings. The number of anilines is 1. The molecule has 2 aromatic heterocycles. The van der Waals surface area contributed by atoms with Gasteiger partial charge in [-0.3, -0.25) is 0 Å². The molecule has 3 heterocycles. The molecule has 142 valence electrons. The molecule has 0 saturated carbocycles. The molecule has 4 rings (SSSR count). The van der Waals surface area contributed by atoms with Gasteiger partial charge in [0.1, 0.15) is 10.6 Å². The minimum Gasteiger partial charge on any atom is -0.369 e. The first-order valence-electron chi connectivity index (χ1n) is 9.40. The first-order valence-corrected chi connectivity index (χ1v) is 11.4. The minimum absolute atomic E-state index is 0.0967. The fraction of sp³-hybridized carbons (Fsp3) is 0.429. The van der Waals surface area contributed by atoms with Gasteiger partial charge in [-0.2, -0.15) is 0 Å². The van der Waals surface area contributed by atoms with Crippen molar-refractivity contribution in [2.24, 2.45) is 0 Å². The van der Waals surface area contributed by atoms with Gasteiger partial charge >= 0.3 is 0 Å². The van der Waals surface area contributed by atoms with Crippen LogP contribution in [-0.4, -0.2) is 28.4 Å². The number of aromatic nitrogens is 2. The Morgan fingerprint density at radius 2 is 2.07 bits per heavy atom. The monoisotopic (exact) mass is 399 g/mol. The number of ether oxygens (including phenoxy) is 1. The highest BCUT2D eigenvalue weighted by Gasteiger charge is 2.33. The van der Waals surface area contributed by atoms with Gasteiger partial charge in [-0.25, -0.2) is 9.97 Å². The number of hydrogen-bond acceptors (Lipinski definition) is 6. The van der Waals surface area contributed by atoms with Gasteiger partial charge in [0.15, 0.2) is 5.16 Å². The summed E-state index contributed by atoms with van der Waals surface area (Å²) >= 11 is 3.35. The van der Waals surface area contributed by atoms with Gasteiger partial charge in [0.2, 0.25) is 0 Å². The molecule has 1 N–H and O–H groups in total. The predicted molar refractivity (Wildman–Crippen MR) is 115 cm³/mol. The molecular formula is C21H25N3OS2. The molecule has 0 radical (unpaired) electrons. The topological polar surface area (TPSA) is 47.0 Å². The van der Waals surface area contributed by atoms with E-state index in [1.807, 2.05) is 6.26 Å². The van der Waals surface area contributed by atoms with Crippen LogP contribution in [0.3, 0.4) is 0 Å². The van der Waals surface area contributed by atoms with Crippen LogP contribution in [0.25, 0.3) is 10.2 Å². The number of rotatable bonds is 6. The van der Waals surface area contributed by atoms with Crippen LogP contribution in [0.1, 0.15) is 36.3 Å². The number of hydrogen-bond donors (Lipinski definition) is 1. The maximum Gasteiger partial charge on any atom is 0.190 e. The van der Waals surface area contributed by atoms with Crippen molar-refractivity contribution < 1.29 is 4.74 Å². The van der Waals surface area contributed by atoms with Gasteiger partial charge in [-0.15, -0.1) is 11.3 Å². The van der Waals surface area contributed by atoms with Crippen molar-refractivity contribution in [3.05, 3.63) is 46.3 Å². The third-order valence-electron chi connectivity index (χ3n) is 5.30. The molecule has 1 aromatic carbocycles. The largest absolute Gasteiger partial charge is 0.369 e. The van der Waals surface area contributed by atoms with Crippen molar-refractivity contribution in [2.75, 3.05) is 18.1 Å². The quantitative estimate of drug-likeness (QED) is 0.450. The van der Waals surface area contributed by atoms with Gasteiger partial charge < -0.3 is 10.1 Å². The Morgan fingerprint density at radius 1 is 1.26 bits per heavy atom. The molecular weight excluding hydrogens is 374 g/mol. The van der Waals surface area contributed by atoms with E-state index in [9.17, 15) is 0 Å². The van der Waals surface area contributed by atoms with E-state index in [1.165, 1.54) is 21.4 Å². The van der Waals surface area contributed by atoms with Crippen molar-refractivity contribution in [3.8, 4) is 0 Å². The Hall–Kier alpha value is -1.63. The van der Waals surface area contributed by atoms with Gasteiger partial charge in [0, 0.05) is 17.8 Å². The molecule has 0 saturated heterocycles. The number of thiophene rings is 1. The summed E-state index contributed by atoms with van der Waals surface area (Å²) in [6.45, 7) is 5.94. The molecule has 0 fully saturated rings. The molecule has 1 atom stereocenters. The summed E-state index contributed by atoms with van der Waals surface area (Å²) in [4.78, 5) is 12.0. The fourth-order valence-corrected chi connectivity index (χ4v) is 4.99. The number of nitrogens with zero attached hydrogens (tertiary/aromatic N) is 2. The smallest absolute Gasteiger partial charge is 0.190 e. The molecule has 0 bridgehead atoms. The Kier molecular flexibility index (Phi) is 5.39. The van der Waals surface area contributed by atoms with E-state index < -0.39 is 0 Å². The van der Waals surface area contributed by atoms with Crippen LogP contribution in [0.4, 0.5) is 5.82 Å². The molecule has 27 heavy (non-hydrogen) atoms. The van der Waals surface area contributed by atoms with E-state index in [-0.39, 0.29) is 5.60 Å². The van der Waals surface area contributed by atoms with E-state index in [0.717, 1.165) is 41.6 Å². The summed E-state index contributed by atoms with van der Waals surface area (Å²) in [5.74, 6) is 0.970. The molecule has 1 aliphatic heterocycles. The highest BCUT2D eigenvalue weighted by atomic mass is 32.2. The fourth-order valence-electron chi connectivity index (χ4n) is 3.47. The van der Waals surface area contributed by atoms with Crippen molar-refractivity contribution in [1.29, 1.82) is 0 Å². The molecule has 4 nitrogen and oxygen atoms in total. The molecule has 0 spiro atoms. The van der Waals surface area contributed by atoms with E-state index in [4.69, 9.17) is 14.7 Å². The normalized spacial score (nSPS) is 19.2. The Balaban J connectivity index is 1.67. The van der Waals surface area contributed by atoms with E-state index >= 15 is 0 Å². The summed E-state index contributed by atoms with van der Waals surface area (Å²) in [6, 6.07) is 10.6. The lowest BCUT2D eigenvalue weighted by Gasteiger charge is -2.33. The van der Waals surface area contributed by atoms with Gasteiger partial charge in [0.05, 0.1) is 17.6 Å². The lowest BCUT2D eigenvalue weighted by Crippen LogP contribution is -2.34. The number of nitrogens with one attached hydrogen (secondary N) is 1. The number of fused-ring (bicyclic) bond motifs is 3. The van der Waals surface area contributed by atoms with Crippen molar-refractivity contribution >= 4 is 39.1 Å². The van der Waals surface area contributed by atoms with Crippen LogP contribution in [-0.2, 0) is 24.2 Å². The van der Waals surface area contributed by atoms with Gasteiger partial charge in [-0.1, -0.05) is 49.0 Å². The van der Waals surface area contributed by atoms with Crippen LogP contribution in [0.2, 0.25) is 0 Å². The average molecular weight is 400 g/mol. The maximum atomic E-state index is 6.14. The summed E-state index contributed by atoms with van der Waals surface area (Å²) in [5.41, 5.74) is 2.61. The summed E-state index contributed by atoms with van der Waals surface area (Å²) < 4.78 is 6.14. The molecule has 0 amide bonds. The summed E-state index contributed by atoms with van der Waals surface area (Å²) in [5, 5.41) is 5.61. The Bertz CT molecular complexity index is 941. The minimum atomic E-state index is -0.0967. The third-order valence-corrected chi connectivity index (χ3v) is 6.94. The van der Waals surface area contributed by atoms with Crippen LogP contribution >= 0.6 is 23.1 Å². The molecule has 1 aliphatic rings. The van der Waals surface area contributed by atoms with Crippen molar-refractivity contribution in [3.63, 3.8) is 0 Å². The zero-order chi connectivity index (χ0) is 18.9. The number of benzene rings is 1. The summed E-state index contributed by atoms with van der Waals surface area (Å²) in [7, 11) is 0. The zero-order valence-corrected chi connectivity index (χ0v) is 17.7. The first kappa shape index (κ1) is 18.7. The van der Waals surface area contributed by atoms with Crippen molar-refractivity contribution in [1.82, 2.24) is 9.97 Å². The Labute approximate surface area is 168 Å². The third kappa shape index (κ3) is 3.84. The first-order chi connectivity index (χ1) is 13.1. The SMILES string of the molecule is CC[C@]1(C)Cc2c(sc3nc(SC)nc(NCCc4ccccc4)c23)CO1. The van der Waals surface area contributed by atoms with E-state index in [2.05, 4.69) is 49.5 Å². The van der Waals surface area contributed by atoms with E-state index in [0.29, 0.717) is 6.61 Å². The number of thioether (sulfide) groups is 1. The average Bonchev–Trinajstić information content (AvgIpc) is 3.06. The predicted octanol–water partition coefficient (Wildman–Crippen LogP) is 5.31. The highest BCUT2D eigenvalue weighted by molar-refractivity contribution is 7.98. The molecule has 0 unspecified atom stereocenters. The second-order valence-corrected chi connectivity index (χ2v) is 9.03. The zero-order valence-electron chi connectivity index (χ0n) is 16.0. The van der Waals surface area contributed by atoms with Gasteiger partial charge in [-0.05, 0) is 37.1 Å². The molecule has 0 aliphatic carbocycles. The van der Waals surface area contributed by atoms with E-state index in [1.54, 1.807) is 23.1 Å². The van der Waals surface area contributed by atoms with Crippen LogP contribution in [0.5, 0.6) is 0 Å². The second kappa shape index (κ2) is 7.78. The summed E-state index contributed by atoms with van der Waals surface area (Å²) in [6.07, 6.45) is 4.93. The maximum absolute atomic E-state index is 6.14. The lowest BCUT2D eigenvalue weighted by atomic mass is 9.90. The lowest BCUT2D eigenvalue weighted by molar-refractivity contribution is -0.0542. The van der Waals surface area contributed by atoms with Gasteiger partial charge in [0.25, 0.3) is 0 Å².